The number of amides is 1. The Morgan fingerprint density at radius 2 is 1.84 bits per heavy atom. The van der Waals surface area contributed by atoms with Crippen LogP contribution in [-0.4, -0.2) is 22.9 Å². The zero-order valence-corrected chi connectivity index (χ0v) is 15.1. The van der Waals surface area contributed by atoms with Gasteiger partial charge >= 0.3 is 5.97 Å². The van der Waals surface area contributed by atoms with Crippen LogP contribution < -0.4 is 5.32 Å². The zero-order valence-electron chi connectivity index (χ0n) is 13.5. The van der Waals surface area contributed by atoms with Crippen LogP contribution in [0.3, 0.4) is 0 Å². The van der Waals surface area contributed by atoms with Gasteiger partial charge in [-0.05, 0) is 44.2 Å². The van der Waals surface area contributed by atoms with Gasteiger partial charge in [0.05, 0.1) is 10.5 Å². The lowest BCUT2D eigenvalue weighted by atomic mass is 10.1. The van der Waals surface area contributed by atoms with E-state index < -0.39 is 22.9 Å². The monoisotopic (exact) mass is 406 g/mol. The minimum absolute atomic E-state index is 0.0532. The molecule has 2 rings (SSSR count). The summed E-state index contributed by atoms with van der Waals surface area (Å²) in [6.45, 7) is 2.89. The second kappa shape index (κ2) is 7.89. The first-order valence-corrected chi connectivity index (χ1v) is 8.10. The van der Waals surface area contributed by atoms with E-state index in [1.165, 1.54) is 32.0 Å². The molecule has 25 heavy (non-hydrogen) atoms. The van der Waals surface area contributed by atoms with Gasteiger partial charge in [-0.25, -0.2) is 4.79 Å². The number of nitro benzene ring substituents is 1. The van der Waals surface area contributed by atoms with Crippen LogP contribution in [0.1, 0.15) is 22.8 Å². The molecule has 130 valence electrons. The molecule has 1 atom stereocenters. The molecule has 0 bridgehead atoms. The van der Waals surface area contributed by atoms with Crippen molar-refractivity contribution in [2.24, 2.45) is 0 Å². The molecular formula is C17H15BrN2O5. The maximum Gasteiger partial charge on any atom is 0.339 e. The SMILES string of the molecule is Cc1c(C(=O)OC(C)C(=O)Nc2ccc(Br)cc2)cccc1[N+](=O)[O-]. The number of halogens is 1. The summed E-state index contributed by atoms with van der Waals surface area (Å²) in [7, 11) is 0. The molecule has 0 heterocycles. The van der Waals surface area contributed by atoms with Gasteiger partial charge in [-0.2, -0.15) is 0 Å². The second-order valence-corrected chi connectivity index (χ2v) is 6.17. The Labute approximate surface area is 152 Å². The number of esters is 1. The molecule has 1 N–H and O–H groups in total. The van der Waals surface area contributed by atoms with Crippen molar-refractivity contribution < 1.29 is 19.2 Å². The lowest BCUT2D eigenvalue weighted by molar-refractivity contribution is -0.385. The molecule has 0 aliphatic heterocycles. The van der Waals surface area contributed by atoms with Gasteiger partial charge in [0.25, 0.3) is 11.6 Å². The predicted molar refractivity (Wildman–Crippen MR) is 95.5 cm³/mol. The summed E-state index contributed by atoms with van der Waals surface area (Å²) in [5.41, 5.74) is 0.625. The van der Waals surface area contributed by atoms with Gasteiger partial charge < -0.3 is 10.1 Å². The van der Waals surface area contributed by atoms with E-state index in [1.54, 1.807) is 24.3 Å². The molecule has 0 fully saturated rings. The summed E-state index contributed by atoms with van der Waals surface area (Å²) >= 11 is 3.29. The second-order valence-electron chi connectivity index (χ2n) is 5.25. The highest BCUT2D eigenvalue weighted by molar-refractivity contribution is 9.10. The molecule has 2 aromatic carbocycles. The number of ether oxygens (including phenoxy) is 1. The summed E-state index contributed by atoms with van der Waals surface area (Å²) in [5.74, 6) is -1.29. The predicted octanol–water partition coefficient (Wildman–Crippen LogP) is 3.85. The van der Waals surface area contributed by atoms with Crippen LogP contribution in [0.2, 0.25) is 0 Å². The maximum atomic E-state index is 12.2. The number of nitro groups is 1. The third-order valence-corrected chi connectivity index (χ3v) is 4.02. The average Bonchev–Trinajstić information content (AvgIpc) is 2.56. The van der Waals surface area contributed by atoms with Gasteiger partial charge in [-0.1, -0.05) is 22.0 Å². The van der Waals surface area contributed by atoms with Crippen LogP contribution in [0, 0.1) is 17.0 Å². The molecule has 0 aromatic heterocycles. The number of hydrogen-bond acceptors (Lipinski definition) is 5. The number of hydrogen-bond donors (Lipinski definition) is 1. The smallest absolute Gasteiger partial charge is 0.339 e. The van der Waals surface area contributed by atoms with E-state index in [9.17, 15) is 19.7 Å². The Kier molecular flexibility index (Phi) is 5.87. The molecule has 0 saturated carbocycles. The molecule has 0 saturated heterocycles. The van der Waals surface area contributed by atoms with Gasteiger partial charge in [0.1, 0.15) is 0 Å². The van der Waals surface area contributed by atoms with Crippen LogP contribution in [0.25, 0.3) is 0 Å². The third kappa shape index (κ3) is 4.63. The minimum atomic E-state index is -1.06. The van der Waals surface area contributed by atoms with E-state index in [-0.39, 0.29) is 16.8 Å². The first-order chi connectivity index (χ1) is 11.8. The van der Waals surface area contributed by atoms with Gasteiger partial charge in [0, 0.05) is 21.8 Å². The molecule has 0 aliphatic rings. The molecule has 1 amide bonds. The minimum Gasteiger partial charge on any atom is -0.449 e. The van der Waals surface area contributed by atoms with E-state index in [2.05, 4.69) is 21.2 Å². The van der Waals surface area contributed by atoms with Crippen LogP contribution in [-0.2, 0) is 9.53 Å². The van der Waals surface area contributed by atoms with E-state index >= 15 is 0 Å². The highest BCUT2D eigenvalue weighted by Crippen LogP contribution is 2.22. The van der Waals surface area contributed by atoms with Gasteiger partial charge in [0.15, 0.2) is 6.10 Å². The number of nitrogens with one attached hydrogen (secondary N) is 1. The van der Waals surface area contributed by atoms with E-state index in [0.29, 0.717) is 5.69 Å². The van der Waals surface area contributed by atoms with Gasteiger partial charge in [0.2, 0.25) is 0 Å². The number of nitrogens with zero attached hydrogens (tertiary/aromatic N) is 1. The highest BCUT2D eigenvalue weighted by atomic mass is 79.9. The van der Waals surface area contributed by atoms with Crippen LogP contribution in [0.5, 0.6) is 0 Å². The summed E-state index contributed by atoms with van der Waals surface area (Å²) in [6.07, 6.45) is -1.06. The quantitative estimate of drug-likeness (QED) is 0.461. The number of benzene rings is 2. The van der Waals surface area contributed by atoms with E-state index in [4.69, 9.17) is 4.74 Å². The third-order valence-electron chi connectivity index (χ3n) is 3.49. The van der Waals surface area contributed by atoms with Crippen LogP contribution in [0.15, 0.2) is 46.9 Å². The Bertz CT molecular complexity index is 820. The molecule has 0 spiro atoms. The van der Waals surface area contributed by atoms with Crippen molar-refractivity contribution >= 4 is 39.2 Å². The van der Waals surface area contributed by atoms with Crippen molar-refractivity contribution in [3.05, 3.63) is 68.2 Å². The molecule has 7 nitrogen and oxygen atoms in total. The normalized spacial score (nSPS) is 11.5. The fourth-order valence-corrected chi connectivity index (χ4v) is 2.36. The summed E-state index contributed by atoms with van der Waals surface area (Å²) in [4.78, 5) is 34.7. The first-order valence-electron chi connectivity index (χ1n) is 7.31. The fraction of sp³-hybridized carbons (Fsp3) is 0.176. The topological polar surface area (TPSA) is 98.5 Å². The molecule has 1 unspecified atom stereocenters. The van der Waals surface area contributed by atoms with Crippen molar-refractivity contribution in [3.8, 4) is 0 Å². The summed E-state index contributed by atoms with van der Waals surface area (Å²) in [6, 6.07) is 11.0. The Hall–Kier alpha value is -2.74. The summed E-state index contributed by atoms with van der Waals surface area (Å²) in [5, 5.41) is 13.6. The average molecular weight is 407 g/mol. The molecule has 8 heteroatoms. The van der Waals surface area contributed by atoms with Crippen LogP contribution >= 0.6 is 15.9 Å². The van der Waals surface area contributed by atoms with E-state index in [0.717, 1.165) is 4.47 Å². The number of carbonyl (C=O) groups excluding carboxylic acids is 2. The van der Waals surface area contributed by atoms with Crippen molar-refractivity contribution in [1.82, 2.24) is 0 Å². The van der Waals surface area contributed by atoms with Gasteiger partial charge in [-0.3, -0.25) is 14.9 Å². The zero-order chi connectivity index (χ0) is 18.6. The fourth-order valence-electron chi connectivity index (χ4n) is 2.10. The molecule has 2 aromatic rings. The number of anilines is 1. The number of carbonyl (C=O) groups is 2. The van der Waals surface area contributed by atoms with Crippen molar-refractivity contribution in [1.29, 1.82) is 0 Å². The summed E-state index contributed by atoms with van der Waals surface area (Å²) < 4.78 is 5.99. The number of rotatable bonds is 5. The van der Waals surface area contributed by atoms with Crippen molar-refractivity contribution in [2.45, 2.75) is 20.0 Å². The Balaban J connectivity index is 2.07. The van der Waals surface area contributed by atoms with Crippen molar-refractivity contribution in [2.75, 3.05) is 5.32 Å². The van der Waals surface area contributed by atoms with E-state index in [1.807, 2.05) is 0 Å². The standard InChI is InChI=1S/C17H15BrN2O5/c1-10-14(4-3-5-15(10)20(23)24)17(22)25-11(2)16(21)19-13-8-6-12(18)7-9-13/h3-9,11H,1-2H3,(H,19,21). The lowest BCUT2D eigenvalue weighted by Crippen LogP contribution is -2.30. The maximum absolute atomic E-state index is 12.2. The Morgan fingerprint density at radius 1 is 1.20 bits per heavy atom. The van der Waals surface area contributed by atoms with Gasteiger partial charge in [-0.15, -0.1) is 0 Å². The molecular weight excluding hydrogens is 392 g/mol. The molecule has 0 aliphatic carbocycles. The largest absolute Gasteiger partial charge is 0.449 e. The first kappa shape index (κ1) is 18.6. The Morgan fingerprint density at radius 3 is 2.44 bits per heavy atom. The van der Waals surface area contributed by atoms with Crippen molar-refractivity contribution in [3.63, 3.8) is 0 Å². The highest BCUT2D eigenvalue weighted by Gasteiger charge is 2.23. The lowest BCUT2D eigenvalue weighted by Gasteiger charge is -2.14. The molecule has 0 radical (unpaired) electrons. The van der Waals surface area contributed by atoms with Crippen LogP contribution in [0.4, 0.5) is 11.4 Å².